The third kappa shape index (κ3) is 3.29. The van der Waals surface area contributed by atoms with E-state index >= 15 is 0 Å². The SMILES string of the molecule is COc1c(O)ccc2c1-c1ccc3c(c1C(=Cc1cccc(F)c1C#N)O2)C(C)=CC(C)(C)N3. The molecular formula is C28H23FN2O3. The van der Waals surface area contributed by atoms with E-state index in [2.05, 4.69) is 25.2 Å². The summed E-state index contributed by atoms with van der Waals surface area (Å²) >= 11 is 0. The lowest BCUT2D eigenvalue weighted by atomic mass is 9.82. The molecule has 2 N–H and O–H groups in total. The average Bonchev–Trinajstić information content (AvgIpc) is 2.78. The quantitative estimate of drug-likeness (QED) is 0.458. The summed E-state index contributed by atoms with van der Waals surface area (Å²) in [5.41, 5.74) is 5.26. The Morgan fingerprint density at radius 1 is 1.12 bits per heavy atom. The van der Waals surface area contributed by atoms with Gasteiger partial charge in [0.15, 0.2) is 11.5 Å². The first-order valence-corrected chi connectivity index (χ1v) is 10.9. The topological polar surface area (TPSA) is 74.5 Å². The number of methoxy groups -OCH3 is 1. The summed E-state index contributed by atoms with van der Waals surface area (Å²) in [6, 6.07) is 13.6. The number of nitrogens with one attached hydrogen (secondary N) is 1. The van der Waals surface area contributed by atoms with Crippen LogP contribution in [0.3, 0.4) is 0 Å². The van der Waals surface area contributed by atoms with E-state index < -0.39 is 5.82 Å². The number of nitrogens with zero attached hydrogens (tertiary/aromatic N) is 1. The van der Waals surface area contributed by atoms with E-state index in [4.69, 9.17) is 9.47 Å². The second-order valence-corrected chi connectivity index (χ2v) is 9.00. The van der Waals surface area contributed by atoms with Gasteiger partial charge >= 0.3 is 0 Å². The summed E-state index contributed by atoms with van der Waals surface area (Å²) in [6.45, 7) is 6.22. The number of halogens is 1. The predicted molar refractivity (Wildman–Crippen MR) is 131 cm³/mol. The number of fused-ring (bicyclic) bond motifs is 5. The lowest BCUT2D eigenvalue weighted by Crippen LogP contribution is -2.32. The summed E-state index contributed by atoms with van der Waals surface area (Å²) in [6.07, 6.45) is 3.83. The fourth-order valence-corrected chi connectivity index (χ4v) is 4.87. The average molecular weight is 455 g/mol. The molecule has 0 spiro atoms. The molecule has 6 heteroatoms. The maximum atomic E-state index is 14.3. The minimum atomic E-state index is -0.588. The fraction of sp³-hybridized carbons (Fsp3) is 0.179. The van der Waals surface area contributed by atoms with Crippen LogP contribution in [-0.4, -0.2) is 17.8 Å². The van der Waals surface area contributed by atoms with Crippen LogP contribution in [0.15, 0.2) is 48.5 Å². The molecule has 2 aliphatic rings. The molecule has 0 atom stereocenters. The van der Waals surface area contributed by atoms with Gasteiger partial charge in [0.1, 0.15) is 23.4 Å². The zero-order valence-electron chi connectivity index (χ0n) is 19.3. The summed E-state index contributed by atoms with van der Waals surface area (Å²) in [7, 11) is 1.50. The van der Waals surface area contributed by atoms with Crippen molar-refractivity contribution >= 4 is 23.1 Å². The Bertz CT molecular complexity index is 1460. The molecule has 3 aromatic rings. The van der Waals surface area contributed by atoms with Crippen molar-refractivity contribution in [3.63, 3.8) is 0 Å². The highest BCUT2D eigenvalue weighted by atomic mass is 19.1. The number of allylic oxidation sites excluding steroid dienone is 1. The Morgan fingerprint density at radius 3 is 2.65 bits per heavy atom. The van der Waals surface area contributed by atoms with E-state index in [1.165, 1.54) is 19.2 Å². The first-order valence-electron chi connectivity index (χ1n) is 10.9. The molecule has 2 heterocycles. The van der Waals surface area contributed by atoms with Gasteiger partial charge in [-0.1, -0.05) is 24.3 Å². The molecule has 0 saturated carbocycles. The number of anilines is 1. The van der Waals surface area contributed by atoms with E-state index in [0.717, 1.165) is 28.0 Å². The Morgan fingerprint density at radius 2 is 1.91 bits per heavy atom. The number of hydrogen-bond acceptors (Lipinski definition) is 5. The second kappa shape index (κ2) is 7.67. The largest absolute Gasteiger partial charge is 0.504 e. The zero-order valence-corrected chi connectivity index (χ0v) is 19.3. The van der Waals surface area contributed by atoms with Crippen LogP contribution in [-0.2, 0) is 0 Å². The molecule has 3 aromatic carbocycles. The van der Waals surface area contributed by atoms with Gasteiger partial charge in [0.2, 0.25) is 0 Å². The number of ether oxygens (including phenoxy) is 2. The van der Waals surface area contributed by atoms with Gasteiger partial charge in [0.05, 0.1) is 23.8 Å². The van der Waals surface area contributed by atoms with Crippen LogP contribution in [0.25, 0.3) is 28.5 Å². The summed E-state index contributed by atoms with van der Waals surface area (Å²) in [5, 5.41) is 23.5. The van der Waals surface area contributed by atoms with Gasteiger partial charge in [0.25, 0.3) is 0 Å². The van der Waals surface area contributed by atoms with Crippen molar-refractivity contribution in [1.29, 1.82) is 5.26 Å². The number of nitriles is 1. The Labute approximate surface area is 197 Å². The second-order valence-electron chi connectivity index (χ2n) is 9.00. The Balaban J connectivity index is 1.86. The third-order valence-electron chi connectivity index (χ3n) is 6.12. The van der Waals surface area contributed by atoms with Crippen molar-refractivity contribution in [2.24, 2.45) is 0 Å². The molecule has 5 nitrogen and oxygen atoms in total. The van der Waals surface area contributed by atoms with Gasteiger partial charge in [0, 0.05) is 22.4 Å². The molecule has 0 fully saturated rings. The maximum absolute atomic E-state index is 14.3. The molecule has 34 heavy (non-hydrogen) atoms. The Hall–Kier alpha value is -4.24. The molecule has 0 saturated heterocycles. The summed E-state index contributed by atoms with van der Waals surface area (Å²) in [4.78, 5) is 0. The summed E-state index contributed by atoms with van der Waals surface area (Å²) < 4.78 is 26.2. The molecule has 2 aliphatic heterocycles. The number of phenols is 1. The number of benzene rings is 3. The van der Waals surface area contributed by atoms with Crippen LogP contribution in [0.5, 0.6) is 17.2 Å². The highest BCUT2D eigenvalue weighted by Gasteiger charge is 2.33. The van der Waals surface area contributed by atoms with E-state index in [-0.39, 0.29) is 16.9 Å². The van der Waals surface area contributed by atoms with Crippen molar-refractivity contribution in [1.82, 2.24) is 0 Å². The van der Waals surface area contributed by atoms with E-state index in [1.54, 1.807) is 24.3 Å². The number of aromatic hydroxyl groups is 1. The van der Waals surface area contributed by atoms with Crippen molar-refractivity contribution in [3.05, 3.63) is 76.6 Å². The maximum Gasteiger partial charge on any atom is 0.172 e. The molecule has 5 rings (SSSR count). The number of phenolic OH excluding ortho intramolecular Hbond substituents is 1. The van der Waals surface area contributed by atoms with E-state index in [0.29, 0.717) is 28.4 Å². The molecule has 0 aliphatic carbocycles. The van der Waals surface area contributed by atoms with Gasteiger partial charge < -0.3 is 19.9 Å². The predicted octanol–water partition coefficient (Wildman–Crippen LogP) is 6.58. The minimum Gasteiger partial charge on any atom is -0.504 e. The molecule has 0 amide bonds. The monoisotopic (exact) mass is 454 g/mol. The van der Waals surface area contributed by atoms with Crippen LogP contribution in [0.1, 0.15) is 43.0 Å². The highest BCUT2D eigenvalue weighted by molar-refractivity contribution is 6.02. The van der Waals surface area contributed by atoms with Gasteiger partial charge in [-0.2, -0.15) is 5.26 Å². The fourth-order valence-electron chi connectivity index (χ4n) is 4.87. The van der Waals surface area contributed by atoms with Gasteiger partial charge in [-0.05, 0) is 62.2 Å². The number of hydrogen-bond donors (Lipinski definition) is 2. The lowest BCUT2D eigenvalue weighted by molar-refractivity contribution is 0.371. The minimum absolute atomic E-state index is 0.00405. The van der Waals surface area contributed by atoms with Crippen molar-refractivity contribution < 1.29 is 19.0 Å². The molecule has 0 radical (unpaired) electrons. The summed E-state index contributed by atoms with van der Waals surface area (Å²) in [5.74, 6) is 0.697. The molecule has 0 unspecified atom stereocenters. The molecule has 170 valence electrons. The number of rotatable bonds is 2. The van der Waals surface area contributed by atoms with Crippen molar-refractivity contribution in [3.8, 4) is 34.4 Å². The van der Waals surface area contributed by atoms with Gasteiger partial charge in [-0.3, -0.25) is 0 Å². The molecular weight excluding hydrogens is 431 g/mol. The van der Waals surface area contributed by atoms with Gasteiger partial charge in [-0.25, -0.2) is 4.39 Å². The molecule has 0 aromatic heterocycles. The first kappa shape index (κ1) is 21.6. The molecule has 0 bridgehead atoms. The Kier molecular flexibility index (Phi) is 4.87. The first-order chi connectivity index (χ1) is 16.2. The normalized spacial score (nSPS) is 16.2. The van der Waals surface area contributed by atoms with Crippen molar-refractivity contribution in [2.75, 3.05) is 12.4 Å². The zero-order chi connectivity index (χ0) is 24.2. The van der Waals surface area contributed by atoms with Gasteiger partial charge in [-0.15, -0.1) is 0 Å². The van der Waals surface area contributed by atoms with Crippen LogP contribution < -0.4 is 14.8 Å². The highest BCUT2D eigenvalue weighted by Crippen LogP contribution is 2.54. The van der Waals surface area contributed by atoms with Crippen LogP contribution in [0.4, 0.5) is 10.1 Å². The lowest BCUT2D eigenvalue weighted by Gasteiger charge is -2.35. The third-order valence-corrected chi connectivity index (χ3v) is 6.12. The van der Waals surface area contributed by atoms with Crippen LogP contribution in [0.2, 0.25) is 0 Å². The van der Waals surface area contributed by atoms with Crippen LogP contribution in [0, 0.1) is 17.1 Å². The van der Waals surface area contributed by atoms with E-state index in [1.807, 2.05) is 25.1 Å². The smallest absolute Gasteiger partial charge is 0.172 e. The van der Waals surface area contributed by atoms with E-state index in [9.17, 15) is 14.8 Å². The standard InChI is InChI=1S/C28H23FN2O3/c1-15-13-28(2,3)31-20-9-8-17-25(24(15)20)23(12-16-6-5-7-19(29)18(16)14-30)34-22-11-10-21(32)27(33-4)26(17)22/h5-13,31-32H,1-4H3. The van der Waals surface area contributed by atoms with Crippen LogP contribution >= 0.6 is 0 Å². The van der Waals surface area contributed by atoms with Crippen molar-refractivity contribution in [2.45, 2.75) is 26.3 Å².